The summed E-state index contributed by atoms with van der Waals surface area (Å²) in [6.45, 7) is 4.14. The molecule has 1 saturated heterocycles. The van der Waals surface area contributed by atoms with Crippen LogP contribution in [0, 0.1) is 6.92 Å². The standard InChI is InChI=1S/C10H17N3OS/c1-8-9(7-14)10(12(2)11-8)13-3-5-15-6-4-13/h14H,3-7H2,1-2H3. The molecule has 1 aliphatic rings. The van der Waals surface area contributed by atoms with Crippen molar-refractivity contribution in [2.45, 2.75) is 13.5 Å². The van der Waals surface area contributed by atoms with E-state index in [0.717, 1.165) is 41.7 Å². The van der Waals surface area contributed by atoms with Gasteiger partial charge in [-0.3, -0.25) is 4.68 Å². The van der Waals surface area contributed by atoms with Crippen LogP contribution in [0.25, 0.3) is 0 Å². The first-order valence-corrected chi connectivity index (χ1v) is 6.35. The van der Waals surface area contributed by atoms with Crippen LogP contribution in [0.2, 0.25) is 0 Å². The Balaban J connectivity index is 2.32. The molecule has 0 spiro atoms. The van der Waals surface area contributed by atoms with Crippen molar-refractivity contribution in [3.05, 3.63) is 11.3 Å². The Morgan fingerprint density at radius 2 is 2.07 bits per heavy atom. The molecule has 84 valence electrons. The van der Waals surface area contributed by atoms with Gasteiger partial charge < -0.3 is 10.0 Å². The number of thioether (sulfide) groups is 1. The Hall–Kier alpha value is -0.680. The molecular weight excluding hydrogens is 210 g/mol. The fourth-order valence-electron chi connectivity index (χ4n) is 2.05. The van der Waals surface area contributed by atoms with Gasteiger partial charge in [-0.25, -0.2) is 0 Å². The lowest BCUT2D eigenvalue weighted by atomic mass is 10.2. The molecule has 2 heterocycles. The maximum atomic E-state index is 9.36. The van der Waals surface area contributed by atoms with Gasteiger partial charge >= 0.3 is 0 Å². The molecule has 15 heavy (non-hydrogen) atoms. The van der Waals surface area contributed by atoms with Gasteiger partial charge in [0, 0.05) is 37.2 Å². The monoisotopic (exact) mass is 227 g/mol. The lowest BCUT2D eigenvalue weighted by Crippen LogP contribution is -2.34. The van der Waals surface area contributed by atoms with Crippen molar-refractivity contribution in [1.82, 2.24) is 9.78 Å². The Morgan fingerprint density at radius 3 is 2.67 bits per heavy atom. The quantitative estimate of drug-likeness (QED) is 0.810. The number of anilines is 1. The summed E-state index contributed by atoms with van der Waals surface area (Å²) >= 11 is 1.99. The van der Waals surface area contributed by atoms with Crippen molar-refractivity contribution in [3.63, 3.8) is 0 Å². The zero-order chi connectivity index (χ0) is 10.8. The molecule has 1 fully saturated rings. The van der Waals surface area contributed by atoms with E-state index in [1.807, 2.05) is 30.4 Å². The topological polar surface area (TPSA) is 41.3 Å². The van der Waals surface area contributed by atoms with Crippen molar-refractivity contribution in [2.24, 2.45) is 7.05 Å². The molecule has 2 rings (SSSR count). The van der Waals surface area contributed by atoms with Crippen molar-refractivity contribution in [1.29, 1.82) is 0 Å². The molecule has 1 aliphatic heterocycles. The van der Waals surface area contributed by atoms with E-state index in [4.69, 9.17) is 0 Å². The molecule has 1 aromatic rings. The zero-order valence-electron chi connectivity index (χ0n) is 9.23. The molecule has 0 saturated carbocycles. The Morgan fingerprint density at radius 1 is 1.40 bits per heavy atom. The fourth-order valence-corrected chi connectivity index (χ4v) is 2.95. The van der Waals surface area contributed by atoms with E-state index < -0.39 is 0 Å². The maximum absolute atomic E-state index is 9.36. The average molecular weight is 227 g/mol. The number of aryl methyl sites for hydroxylation is 2. The van der Waals surface area contributed by atoms with Crippen LogP contribution < -0.4 is 4.90 Å². The molecule has 0 aromatic carbocycles. The summed E-state index contributed by atoms with van der Waals surface area (Å²) in [4.78, 5) is 2.32. The van der Waals surface area contributed by atoms with Crippen LogP contribution in [0.4, 0.5) is 5.82 Å². The first-order chi connectivity index (χ1) is 7.24. The summed E-state index contributed by atoms with van der Waals surface area (Å²) in [7, 11) is 1.95. The van der Waals surface area contributed by atoms with Gasteiger partial charge in [-0.2, -0.15) is 16.9 Å². The predicted octanol–water partition coefficient (Wildman–Crippen LogP) is 0.774. The molecule has 1 N–H and O–H groups in total. The van der Waals surface area contributed by atoms with Crippen LogP contribution in [-0.2, 0) is 13.7 Å². The zero-order valence-corrected chi connectivity index (χ0v) is 10.0. The SMILES string of the molecule is Cc1nn(C)c(N2CCSCC2)c1CO. The predicted molar refractivity (Wildman–Crippen MR) is 63.4 cm³/mol. The molecular formula is C10H17N3OS. The van der Waals surface area contributed by atoms with Gasteiger partial charge in [0.15, 0.2) is 0 Å². The highest BCUT2D eigenvalue weighted by Crippen LogP contribution is 2.25. The number of aliphatic hydroxyl groups excluding tert-OH is 1. The minimum absolute atomic E-state index is 0.0820. The van der Waals surface area contributed by atoms with Gasteiger partial charge in [0.1, 0.15) is 5.82 Å². The third-order valence-electron chi connectivity index (χ3n) is 2.78. The highest BCUT2D eigenvalue weighted by molar-refractivity contribution is 7.99. The first kappa shape index (κ1) is 10.8. The smallest absolute Gasteiger partial charge is 0.132 e. The van der Waals surface area contributed by atoms with Crippen LogP contribution in [0.5, 0.6) is 0 Å². The van der Waals surface area contributed by atoms with E-state index in [2.05, 4.69) is 10.00 Å². The largest absolute Gasteiger partial charge is 0.391 e. The number of hydrogen-bond donors (Lipinski definition) is 1. The van der Waals surface area contributed by atoms with Crippen molar-refractivity contribution in [3.8, 4) is 0 Å². The van der Waals surface area contributed by atoms with E-state index in [0.29, 0.717) is 0 Å². The minimum atomic E-state index is 0.0820. The van der Waals surface area contributed by atoms with E-state index in [1.165, 1.54) is 0 Å². The van der Waals surface area contributed by atoms with Crippen molar-refractivity contribution >= 4 is 17.6 Å². The molecule has 1 aromatic heterocycles. The van der Waals surface area contributed by atoms with Crippen molar-refractivity contribution < 1.29 is 5.11 Å². The Bertz CT molecular complexity index is 345. The highest BCUT2D eigenvalue weighted by atomic mass is 32.2. The minimum Gasteiger partial charge on any atom is -0.391 e. The van der Waals surface area contributed by atoms with Crippen LogP contribution in [-0.4, -0.2) is 39.5 Å². The lowest BCUT2D eigenvalue weighted by Gasteiger charge is -2.29. The van der Waals surface area contributed by atoms with E-state index in [1.54, 1.807) is 0 Å². The van der Waals surface area contributed by atoms with Gasteiger partial charge in [0.25, 0.3) is 0 Å². The van der Waals surface area contributed by atoms with Gasteiger partial charge in [0.2, 0.25) is 0 Å². The van der Waals surface area contributed by atoms with Gasteiger partial charge in [0.05, 0.1) is 12.3 Å². The normalized spacial score (nSPS) is 17.1. The lowest BCUT2D eigenvalue weighted by molar-refractivity contribution is 0.281. The van der Waals surface area contributed by atoms with Crippen LogP contribution in [0.1, 0.15) is 11.3 Å². The maximum Gasteiger partial charge on any atom is 0.132 e. The molecule has 0 atom stereocenters. The molecule has 0 radical (unpaired) electrons. The number of nitrogens with zero attached hydrogens (tertiary/aromatic N) is 3. The second kappa shape index (κ2) is 4.45. The second-order valence-electron chi connectivity index (χ2n) is 3.77. The molecule has 0 amide bonds. The summed E-state index contributed by atoms with van der Waals surface area (Å²) in [6.07, 6.45) is 0. The van der Waals surface area contributed by atoms with Crippen LogP contribution in [0.15, 0.2) is 0 Å². The first-order valence-electron chi connectivity index (χ1n) is 5.20. The van der Waals surface area contributed by atoms with Gasteiger partial charge in [-0.05, 0) is 6.92 Å². The second-order valence-corrected chi connectivity index (χ2v) is 4.99. The van der Waals surface area contributed by atoms with Crippen LogP contribution in [0.3, 0.4) is 0 Å². The molecule has 5 heteroatoms. The summed E-state index contributed by atoms with van der Waals surface area (Å²) in [5.41, 5.74) is 1.91. The average Bonchev–Trinajstić information content (AvgIpc) is 2.54. The van der Waals surface area contributed by atoms with E-state index >= 15 is 0 Å². The molecule has 0 unspecified atom stereocenters. The number of aliphatic hydroxyl groups is 1. The Kier molecular flexibility index (Phi) is 3.21. The fraction of sp³-hybridized carbons (Fsp3) is 0.700. The molecule has 4 nitrogen and oxygen atoms in total. The van der Waals surface area contributed by atoms with Gasteiger partial charge in [-0.15, -0.1) is 0 Å². The molecule has 0 bridgehead atoms. The Labute approximate surface area is 94.3 Å². The highest BCUT2D eigenvalue weighted by Gasteiger charge is 2.20. The third-order valence-corrected chi connectivity index (χ3v) is 3.72. The number of rotatable bonds is 2. The summed E-state index contributed by atoms with van der Waals surface area (Å²) < 4.78 is 1.89. The number of hydrogen-bond acceptors (Lipinski definition) is 4. The molecule has 0 aliphatic carbocycles. The third kappa shape index (κ3) is 1.99. The van der Waals surface area contributed by atoms with E-state index in [9.17, 15) is 5.11 Å². The van der Waals surface area contributed by atoms with Gasteiger partial charge in [-0.1, -0.05) is 0 Å². The van der Waals surface area contributed by atoms with Crippen LogP contribution >= 0.6 is 11.8 Å². The summed E-state index contributed by atoms with van der Waals surface area (Å²) in [5.74, 6) is 3.42. The summed E-state index contributed by atoms with van der Waals surface area (Å²) in [5, 5.41) is 13.7. The van der Waals surface area contributed by atoms with Crippen molar-refractivity contribution in [2.75, 3.05) is 29.5 Å². The van der Waals surface area contributed by atoms with E-state index in [-0.39, 0.29) is 6.61 Å². The number of aromatic nitrogens is 2. The summed E-state index contributed by atoms with van der Waals surface area (Å²) in [6, 6.07) is 0.